The van der Waals surface area contributed by atoms with Gasteiger partial charge in [0.1, 0.15) is 35.7 Å². The Labute approximate surface area is 260 Å². The number of rotatable bonds is 15. The normalized spacial score (nSPS) is 13.7. The first-order valence-electron chi connectivity index (χ1n) is 14.1. The van der Waals surface area contributed by atoms with Crippen LogP contribution in [0.5, 0.6) is 11.5 Å². The summed E-state index contributed by atoms with van der Waals surface area (Å²) in [6.45, 7) is 5.17. The fraction of sp³-hybridized carbons (Fsp3) is 0.400. The maximum Gasteiger partial charge on any atom is 0.243 e. The van der Waals surface area contributed by atoms with Crippen molar-refractivity contribution in [3.05, 3.63) is 59.7 Å². The zero-order valence-corrected chi connectivity index (χ0v) is 25.5. The van der Waals surface area contributed by atoms with Crippen molar-refractivity contribution in [2.45, 2.75) is 70.2 Å². The SMILES string of the molecule is CC(NC(=O)CNC(=O)C(C)NC(=O)C(Cc1ccc(O)cc1)NC(=O)C(C)(C)N)C(=O)NC(Cc1ccc(O)cc1)C(N)=O. The lowest BCUT2D eigenvalue weighted by atomic mass is 10.0. The van der Waals surface area contributed by atoms with Crippen LogP contribution in [0.1, 0.15) is 38.8 Å². The van der Waals surface area contributed by atoms with E-state index in [0.717, 1.165) is 0 Å². The number of nitrogens with one attached hydrogen (secondary N) is 5. The zero-order valence-electron chi connectivity index (χ0n) is 25.5. The fourth-order valence-corrected chi connectivity index (χ4v) is 3.87. The second-order valence-corrected chi connectivity index (χ2v) is 11.2. The van der Waals surface area contributed by atoms with Crippen LogP contribution in [0.3, 0.4) is 0 Å². The van der Waals surface area contributed by atoms with E-state index in [0.29, 0.717) is 11.1 Å². The number of amides is 6. The van der Waals surface area contributed by atoms with Crippen LogP contribution in [0, 0.1) is 0 Å². The maximum absolute atomic E-state index is 13.1. The molecule has 6 amide bonds. The lowest BCUT2D eigenvalue weighted by molar-refractivity contribution is -0.133. The van der Waals surface area contributed by atoms with Gasteiger partial charge in [0.15, 0.2) is 0 Å². The number of primary amides is 1. The molecule has 0 fully saturated rings. The highest BCUT2D eigenvalue weighted by atomic mass is 16.3. The predicted octanol–water partition coefficient (Wildman–Crippen LogP) is -1.80. The Kier molecular flexibility index (Phi) is 12.8. The van der Waals surface area contributed by atoms with Gasteiger partial charge in [-0.15, -0.1) is 0 Å². The first-order chi connectivity index (χ1) is 21.0. The van der Waals surface area contributed by atoms with E-state index in [1.807, 2.05) is 0 Å². The first kappa shape index (κ1) is 36.0. The van der Waals surface area contributed by atoms with Crippen molar-refractivity contribution in [2.75, 3.05) is 6.54 Å². The topological polar surface area (TPSA) is 255 Å². The Morgan fingerprint density at radius 3 is 1.62 bits per heavy atom. The number of hydrogen-bond donors (Lipinski definition) is 9. The van der Waals surface area contributed by atoms with Gasteiger partial charge < -0.3 is 48.3 Å². The number of hydrogen-bond acceptors (Lipinski definition) is 9. The molecule has 4 unspecified atom stereocenters. The number of phenols is 2. The largest absolute Gasteiger partial charge is 0.508 e. The minimum Gasteiger partial charge on any atom is -0.508 e. The summed E-state index contributed by atoms with van der Waals surface area (Å²) in [6, 6.07) is 7.61. The third kappa shape index (κ3) is 12.1. The quantitative estimate of drug-likeness (QED) is 0.108. The van der Waals surface area contributed by atoms with Gasteiger partial charge in [-0.3, -0.25) is 28.8 Å². The van der Waals surface area contributed by atoms with Crippen LogP contribution in [0.25, 0.3) is 0 Å². The van der Waals surface area contributed by atoms with E-state index < -0.39 is 71.7 Å². The highest BCUT2D eigenvalue weighted by Gasteiger charge is 2.30. The summed E-state index contributed by atoms with van der Waals surface area (Å²) in [7, 11) is 0. The third-order valence-corrected chi connectivity index (χ3v) is 6.57. The van der Waals surface area contributed by atoms with Crippen molar-refractivity contribution in [3.63, 3.8) is 0 Å². The Bertz CT molecular complexity index is 1370. The molecule has 244 valence electrons. The second-order valence-electron chi connectivity index (χ2n) is 11.2. The monoisotopic (exact) mass is 627 g/mol. The van der Waals surface area contributed by atoms with Crippen LogP contribution in [0.4, 0.5) is 0 Å². The van der Waals surface area contributed by atoms with E-state index in [9.17, 15) is 39.0 Å². The first-order valence-corrected chi connectivity index (χ1v) is 14.1. The van der Waals surface area contributed by atoms with Crippen molar-refractivity contribution in [3.8, 4) is 11.5 Å². The second kappa shape index (κ2) is 16.0. The molecule has 0 aliphatic heterocycles. The molecular formula is C30H41N7O8. The number of nitrogens with two attached hydrogens (primary N) is 2. The van der Waals surface area contributed by atoms with Gasteiger partial charge in [0, 0.05) is 12.8 Å². The molecule has 0 aliphatic carbocycles. The van der Waals surface area contributed by atoms with Crippen LogP contribution < -0.4 is 38.1 Å². The molecule has 0 spiro atoms. The van der Waals surface area contributed by atoms with E-state index in [1.165, 1.54) is 52.0 Å². The molecule has 0 radical (unpaired) electrons. The van der Waals surface area contributed by atoms with Gasteiger partial charge in [0.2, 0.25) is 35.4 Å². The predicted molar refractivity (Wildman–Crippen MR) is 163 cm³/mol. The maximum atomic E-state index is 13.1. The van der Waals surface area contributed by atoms with Crippen molar-refractivity contribution in [1.29, 1.82) is 0 Å². The standard InChI is InChI=1S/C30H41N7O8/c1-16(35-28(44)23(37-29(45)30(3,4)32)14-19-7-11-21(39)12-8-19)26(42)33-15-24(40)34-17(2)27(43)36-22(25(31)41)13-18-5-9-20(38)10-6-18/h5-12,16-17,22-23,38-39H,13-15,32H2,1-4H3,(H2,31,41)(H,33,42)(H,34,40)(H,35,44)(H,36,43)(H,37,45). The van der Waals surface area contributed by atoms with Gasteiger partial charge in [-0.05, 0) is 63.1 Å². The van der Waals surface area contributed by atoms with Crippen LogP contribution >= 0.6 is 0 Å². The molecular weight excluding hydrogens is 586 g/mol. The number of aromatic hydroxyl groups is 2. The minimum absolute atomic E-state index is 0.0247. The molecule has 2 rings (SSSR count). The number of benzene rings is 2. The van der Waals surface area contributed by atoms with Gasteiger partial charge in [-0.2, -0.15) is 0 Å². The molecule has 0 bridgehead atoms. The Morgan fingerprint density at radius 2 is 1.16 bits per heavy atom. The Hall–Kier alpha value is -5.18. The van der Waals surface area contributed by atoms with Crippen molar-refractivity contribution in [2.24, 2.45) is 11.5 Å². The summed E-state index contributed by atoms with van der Waals surface area (Å²) < 4.78 is 0. The van der Waals surface area contributed by atoms with Gasteiger partial charge in [-0.1, -0.05) is 24.3 Å². The fourth-order valence-electron chi connectivity index (χ4n) is 3.87. The van der Waals surface area contributed by atoms with Gasteiger partial charge in [0.25, 0.3) is 0 Å². The smallest absolute Gasteiger partial charge is 0.243 e. The molecule has 0 saturated heterocycles. The van der Waals surface area contributed by atoms with Crippen molar-refractivity contribution in [1.82, 2.24) is 26.6 Å². The summed E-state index contributed by atoms with van der Waals surface area (Å²) >= 11 is 0. The molecule has 0 aliphatic rings. The average Bonchev–Trinajstić information content (AvgIpc) is 2.96. The molecule has 15 heteroatoms. The lowest BCUT2D eigenvalue weighted by Crippen LogP contribution is -2.58. The molecule has 4 atom stereocenters. The summed E-state index contributed by atoms with van der Waals surface area (Å²) in [6.07, 6.45) is 0.0985. The highest BCUT2D eigenvalue weighted by molar-refractivity contribution is 5.95. The van der Waals surface area contributed by atoms with Crippen LogP contribution in [-0.2, 0) is 41.6 Å². The lowest BCUT2D eigenvalue weighted by Gasteiger charge is -2.25. The summed E-state index contributed by atoms with van der Waals surface area (Å²) in [5, 5.41) is 31.2. The van der Waals surface area contributed by atoms with Gasteiger partial charge in [0.05, 0.1) is 12.1 Å². The molecule has 11 N–H and O–H groups in total. The summed E-state index contributed by atoms with van der Waals surface area (Å²) in [5.74, 6) is -4.15. The van der Waals surface area contributed by atoms with Crippen molar-refractivity contribution >= 4 is 35.4 Å². The Balaban J connectivity index is 1.90. The van der Waals surface area contributed by atoms with Crippen LogP contribution in [-0.4, -0.2) is 81.9 Å². The van der Waals surface area contributed by atoms with Gasteiger partial charge in [-0.25, -0.2) is 0 Å². The van der Waals surface area contributed by atoms with E-state index in [2.05, 4.69) is 26.6 Å². The minimum atomic E-state index is -1.29. The van der Waals surface area contributed by atoms with E-state index in [4.69, 9.17) is 11.5 Å². The molecule has 2 aromatic carbocycles. The molecule has 2 aromatic rings. The van der Waals surface area contributed by atoms with E-state index >= 15 is 0 Å². The highest BCUT2D eigenvalue weighted by Crippen LogP contribution is 2.13. The van der Waals surface area contributed by atoms with Gasteiger partial charge >= 0.3 is 0 Å². The molecule has 0 aromatic heterocycles. The number of carbonyl (C=O) groups is 6. The zero-order chi connectivity index (χ0) is 33.9. The van der Waals surface area contributed by atoms with Crippen molar-refractivity contribution < 1.29 is 39.0 Å². The number of phenolic OH excluding ortho intramolecular Hbond substituents is 2. The third-order valence-electron chi connectivity index (χ3n) is 6.57. The molecule has 0 saturated carbocycles. The van der Waals surface area contributed by atoms with E-state index in [1.54, 1.807) is 24.3 Å². The summed E-state index contributed by atoms with van der Waals surface area (Å²) in [5.41, 5.74) is 11.2. The molecule has 0 heterocycles. The van der Waals surface area contributed by atoms with Crippen LogP contribution in [0.15, 0.2) is 48.5 Å². The van der Waals surface area contributed by atoms with Crippen LogP contribution in [0.2, 0.25) is 0 Å². The summed E-state index contributed by atoms with van der Waals surface area (Å²) in [4.78, 5) is 75.1. The molecule has 15 nitrogen and oxygen atoms in total. The molecule has 45 heavy (non-hydrogen) atoms. The van der Waals surface area contributed by atoms with E-state index in [-0.39, 0.29) is 24.3 Å². The average molecular weight is 628 g/mol. The Morgan fingerprint density at radius 1 is 0.689 bits per heavy atom. The number of carbonyl (C=O) groups excluding carboxylic acids is 6.